The molecule has 0 unspecified atom stereocenters. The molecule has 0 saturated heterocycles. The number of carbonyl (C=O) groups is 1. The van der Waals surface area contributed by atoms with Crippen LogP contribution >= 0.6 is 11.8 Å². The molecule has 1 aromatic heterocycles. The number of para-hydroxylation sites is 2. The first-order chi connectivity index (χ1) is 17.2. The number of benzene rings is 3. The van der Waals surface area contributed by atoms with Crippen LogP contribution in [0.3, 0.4) is 0 Å². The Morgan fingerprint density at radius 1 is 1.00 bits per heavy atom. The third kappa shape index (κ3) is 5.63. The number of fused-ring (bicyclic) bond motifs is 1. The zero-order valence-electron chi connectivity index (χ0n) is 18.8. The summed E-state index contributed by atoms with van der Waals surface area (Å²) in [4.78, 5) is 12.6. The molecule has 0 saturated carbocycles. The fourth-order valence-electron chi connectivity index (χ4n) is 3.71. The third-order valence-corrected chi connectivity index (χ3v) is 6.35. The average molecular weight is 491 g/mol. The van der Waals surface area contributed by atoms with E-state index in [9.17, 15) is 9.18 Å². The molecule has 3 aromatic carbocycles. The van der Waals surface area contributed by atoms with E-state index in [-0.39, 0.29) is 23.6 Å². The molecule has 4 aromatic rings. The normalized spacial score (nSPS) is 14.5. The lowest BCUT2D eigenvalue weighted by atomic mass is 10.1. The number of halogens is 1. The fourth-order valence-corrected chi connectivity index (χ4v) is 4.51. The Morgan fingerprint density at radius 3 is 2.54 bits per heavy atom. The van der Waals surface area contributed by atoms with Crippen molar-refractivity contribution in [3.63, 3.8) is 0 Å². The SMILES string of the molecule is O=C(CSc1nnc(Cc2ccccc2)n1-c1ccc(F)cc1)NC[C@H]1COc2ccccc2O1. The van der Waals surface area contributed by atoms with E-state index in [0.29, 0.717) is 42.1 Å². The van der Waals surface area contributed by atoms with E-state index in [1.165, 1.54) is 23.9 Å². The minimum atomic E-state index is -0.323. The van der Waals surface area contributed by atoms with Crippen molar-refractivity contribution in [2.75, 3.05) is 18.9 Å². The van der Waals surface area contributed by atoms with Crippen LogP contribution < -0.4 is 14.8 Å². The largest absolute Gasteiger partial charge is 0.486 e. The number of amides is 1. The van der Waals surface area contributed by atoms with Crippen molar-refractivity contribution in [3.05, 3.63) is 96.1 Å². The van der Waals surface area contributed by atoms with Crippen LogP contribution in [-0.4, -0.2) is 45.7 Å². The first-order valence-corrected chi connectivity index (χ1v) is 12.2. The van der Waals surface area contributed by atoms with Crippen LogP contribution in [0, 0.1) is 5.82 Å². The first-order valence-electron chi connectivity index (χ1n) is 11.2. The van der Waals surface area contributed by atoms with Gasteiger partial charge in [0.15, 0.2) is 16.7 Å². The van der Waals surface area contributed by atoms with Crippen molar-refractivity contribution in [1.29, 1.82) is 0 Å². The van der Waals surface area contributed by atoms with Gasteiger partial charge >= 0.3 is 0 Å². The lowest BCUT2D eigenvalue weighted by Crippen LogP contribution is -2.41. The van der Waals surface area contributed by atoms with Crippen LogP contribution in [-0.2, 0) is 11.2 Å². The number of rotatable bonds is 8. The van der Waals surface area contributed by atoms with Crippen LogP contribution in [0.5, 0.6) is 11.5 Å². The molecule has 1 N–H and O–H groups in total. The van der Waals surface area contributed by atoms with E-state index in [4.69, 9.17) is 9.47 Å². The summed E-state index contributed by atoms with van der Waals surface area (Å²) in [5.41, 5.74) is 1.81. The molecule has 1 atom stereocenters. The van der Waals surface area contributed by atoms with Gasteiger partial charge in [-0.1, -0.05) is 54.2 Å². The first kappa shape index (κ1) is 22.9. The van der Waals surface area contributed by atoms with Crippen molar-refractivity contribution in [3.8, 4) is 17.2 Å². The highest BCUT2D eigenvalue weighted by molar-refractivity contribution is 7.99. The van der Waals surface area contributed by atoms with Gasteiger partial charge in [-0.3, -0.25) is 9.36 Å². The molecule has 9 heteroatoms. The quantitative estimate of drug-likeness (QED) is 0.376. The molecule has 178 valence electrons. The summed E-state index contributed by atoms with van der Waals surface area (Å²) in [5, 5.41) is 12.1. The van der Waals surface area contributed by atoms with E-state index in [1.807, 2.05) is 59.2 Å². The number of carbonyl (C=O) groups excluding carboxylic acids is 1. The summed E-state index contributed by atoms with van der Waals surface area (Å²) < 4.78 is 27.0. The Kier molecular flexibility index (Phi) is 6.94. The zero-order chi connectivity index (χ0) is 24.0. The van der Waals surface area contributed by atoms with E-state index in [1.54, 1.807) is 12.1 Å². The van der Waals surface area contributed by atoms with Crippen molar-refractivity contribution >= 4 is 17.7 Å². The molecule has 0 radical (unpaired) electrons. The molecule has 0 aliphatic carbocycles. The summed E-state index contributed by atoms with van der Waals surface area (Å²) in [6.45, 7) is 0.698. The van der Waals surface area contributed by atoms with Gasteiger partial charge in [-0.25, -0.2) is 4.39 Å². The Balaban J connectivity index is 1.24. The second-order valence-corrected chi connectivity index (χ2v) is 8.91. The van der Waals surface area contributed by atoms with Gasteiger partial charge in [-0.2, -0.15) is 0 Å². The molecule has 35 heavy (non-hydrogen) atoms. The van der Waals surface area contributed by atoms with Gasteiger partial charge in [0, 0.05) is 12.1 Å². The van der Waals surface area contributed by atoms with Crippen molar-refractivity contribution in [1.82, 2.24) is 20.1 Å². The third-order valence-electron chi connectivity index (χ3n) is 5.42. The van der Waals surface area contributed by atoms with E-state index >= 15 is 0 Å². The number of thioether (sulfide) groups is 1. The molecule has 0 bridgehead atoms. The highest BCUT2D eigenvalue weighted by atomic mass is 32.2. The lowest BCUT2D eigenvalue weighted by molar-refractivity contribution is -0.119. The predicted molar refractivity (Wildman–Crippen MR) is 131 cm³/mol. The Bertz CT molecular complexity index is 1300. The van der Waals surface area contributed by atoms with Gasteiger partial charge in [-0.15, -0.1) is 10.2 Å². The monoisotopic (exact) mass is 490 g/mol. The molecule has 5 rings (SSSR count). The van der Waals surface area contributed by atoms with E-state index < -0.39 is 0 Å². The Hall–Kier alpha value is -3.85. The zero-order valence-corrected chi connectivity index (χ0v) is 19.6. The van der Waals surface area contributed by atoms with Gasteiger partial charge in [0.1, 0.15) is 24.4 Å². The summed E-state index contributed by atoms with van der Waals surface area (Å²) in [7, 11) is 0. The lowest BCUT2D eigenvalue weighted by Gasteiger charge is -2.26. The standard InChI is InChI=1S/C26H23FN4O3S/c27-19-10-12-20(13-11-19)31-24(14-18-6-2-1-3-7-18)29-30-26(31)35-17-25(32)28-15-21-16-33-22-8-4-5-9-23(22)34-21/h1-13,21H,14-17H2,(H,28,32)/t21-/m0/s1. The maximum Gasteiger partial charge on any atom is 0.230 e. The average Bonchev–Trinajstić information content (AvgIpc) is 3.29. The molecular weight excluding hydrogens is 467 g/mol. The second-order valence-electron chi connectivity index (χ2n) is 7.96. The highest BCUT2D eigenvalue weighted by Crippen LogP contribution is 2.30. The van der Waals surface area contributed by atoms with E-state index in [0.717, 1.165) is 11.3 Å². The van der Waals surface area contributed by atoms with Crippen molar-refractivity contribution in [2.24, 2.45) is 0 Å². The van der Waals surface area contributed by atoms with Gasteiger partial charge in [0.05, 0.1) is 12.3 Å². The number of hydrogen-bond acceptors (Lipinski definition) is 6. The Morgan fingerprint density at radius 2 is 1.74 bits per heavy atom. The van der Waals surface area contributed by atoms with Crippen molar-refractivity contribution < 1.29 is 18.7 Å². The number of hydrogen-bond donors (Lipinski definition) is 1. The number of nitrogens with one attached hydrogen (secondary N) is 1. The molecular formula is C26H23FN4O3S. The minimum absolute atomic E-state index is 0.148. The predicted octanol–water partition coefficient (Wildman–Crippen LogP) is 4.05. The summed E-state index contributed by atoms with van der Waals surface area (Å²) in [6, 6.07) is 23.5. The number of nitrogens with zero attached hydrogens (tertiary/aromatic N) is 3. The smallest absolute Gasteiger partial charge is 0.230 e. The maximum absolute atomic E-state index is 13.5. The minimum Gasteiger partial charge on any atom is -0.486 e. The van der Waals surface area contributed by atoms with Gasteiger partial charge in [0.25, 0.3) is 0 Å². The highest BCUT2D eigenvalue weighted by Gasteiger charge is 2.22. The molecule has 0 spiro atoms. The van der Waals surface area contributed by atoms with Crippen molar-refractivity contribution in [2.45, 2.75) is 17.7 Å². The van der Waals surface area contributed by atoms with Crippen LogP contribution in [0.25, 0.3) is 5.69 Å². The summed E-state index contributed by atoms with van der Waals surface area (Å²) >= 11 is 1.27. The maximum atomic E-state index is 13.5. The molecule has 1 amide bonds. The van der Waals surface area contributed by atoms with Crippen LogP contribution in [0.2, 0.25) is 0 Å². The number of aromatic nitrogens is 3. The van der Waals surface area contributed by atoms with Gasteiger partial charge < -0.3 is 14.8 Å². The summed E-state index contributed by atoms with van der Waals surface area (Å²) in [6.07, 6.45) is 0.289. The number of ether oxygens (including phenoxy) is 2. The van der Waals surface area contributed by atoms with Gasteiger partial charge in [-0.05, 0) is 42.0 Å². The van der Waals surface area contributed by atoms with Crippen LogP contribution in [0.4, 0.5) is 4.39 Å². The Labute approximate surface area is 206 Å². The molecule has 2 heterocycles. The van der Waals surface area contributed by atoms with Crippen LogP contribution in [0.15, 0.2) is 84.0 Å². The van der Waals surface area contributed by atoms with Gasteiger partial charge in [0.2, 0.25) is 5.91 Å². The molecule has 7 nitrogen and oxygen atoms in total. The molecule has 1 aliphatic rings. The summed E-state index contributed by atoms with van der Waals surface area (Å²) in [5.74, 6) is 1.75. The second kappa shape index (κ2) is 10.6. The molecule has 0 fully saturated rings. The van der Waals surface area contributed by atoms with Crippen LogP contribution in [0.1, 0.15) is 11.4 Å². The fraction of sp³-hybridized carbons (Fsp3) is 0.192. The van der Waals surface area contributed by atoms with E-state index in [2.05, 4.69) is 15.5 Å². The molecule has 1 aliphatic heterocycles. The topological polar surface area (TPSA) is 78.3 Å².